The highest BCUT2D eigenvalue weighted by atomic mass is 16.5. The van der Waals surface area contributed by atoms with Crippen LogP contribution < -0.4 is 15.0 Å². The first-order valence-corrected chi connectivity index (χ1v) is 9.71. The molecule has 3 heterocycles. The third-order valence-electron chi connectivity index (χ3n) is 4.97. The first-order valence-electron chi connectivity index (χ1n) is 9.71. The summed E-state index contributed by atoms with van der Waals surface area (Å²) in [6, 6.07) is 14.7. The second-order valence-corrected chi connectivity index (χ2v) is 6.91. The Kier molecular flexibility index (Phi) is 4.86. The fraction of sp³-hybridized carbons (Fsp3) is 0.136. The lowest BCUT2D eigenvalue weighted by molar-refractivity contribution is 0.369. The van der Waals surface area contributed by atoms with Gasteiger partial charge in [0.1, 0.15) is 29.8 Å². The van der Waals surface area contributed by atoms with E-state index in [1.165, 1.54) is 17.1 Å². The molecule has 5 rings (SSSR count). The van der Waals surface area contributed by atoms with E-state index in [0.717, 1.165) is 17.0 Å². The van der Waals surface area contributed by atoms with E-state index < -0.39 is 0 Å². The van der Waals surface area contributed by atoms with Crippen LogP contribution in [0.5, 0.6) is 11.5 Å². The molecular weight excluding hydrogens is 412 g/mol. The van der Waals surface area contributed by atoms with Crippen LogP contribution in [0.1, 0.15) is 5.89 Å². The molecule has 10 nitrogen and oxygen atoms in total. The first-order chi connectivity index (χ1) is 15.7. The summed E-state index contributed by atoms with van der Waals surface area (Å²) in [4.78, 5) is 21.8. The maximum Gasteiger partial charge on any atom is 0.264 e. The van der Waals surface area contributed by atoms with Gasteiger partial charge in [-0.15, -0.1) is 0 Å². The van der Waals surface area contributed by atoms with Crippen molar-refractivity contribution in [2.45, 2.75) is 6.54 Å². The second-order valence-electron chi connectivity index (χ2n) is 6.91. The molecule has 0 aliphatic rings. The Morgan fingerprint density at radius 3 is 2.62 bits per heavy atom. The number of fused-ring (bicyclic) bond motifs is 1. The minimum atomic E-state index is -0.254. The molecule has 0 fully saturated rings. The predicted octanol–water partition coefficient (Wildman–Crippen LogP) is 2.70. The number of aromatic nitrogens is 6. The van der Waals surface area contributed by atoms with Crippen LogP contribution >= 0.6 is 0 Å². The zero-order valence-corrected chi connectivity index (χ0v) is 17.3. The summed E-state index contributed by atoms with van der Waals surface area (Å²) in [6.07, 6.45) is 2.95. The topological polar surface area (TPSA) is 110 Å². The van der Waals surface area contributed by atoms with Crippen LogP contribution in [-0.2, 0) is 6.54 Å². The molecule has 0 unspecified atom stereocenters. The number of methoxy groups -OCH3 is 2. The number of hydrogen-bond acceptors (Lipinski definition) is 8. The zero-order valence-electron chi connectivity index (χ0n) is 17.3. The van der Waals surface area contributed by atoms with E-state index in [9.17, 15) is 4.79 Å². The van der Waals surface area contributed by atoms with Crippen LogP contribution in [-0.4, -0.2) is 43.7 Å². The van der Waals surface area contributed by atoms with Crippen LogP contribution in [0.4, 0.5) is 0 Å². The van der Waals surface area contributed by atoms with Crippen LogP contribution in [0.25, 0.3) is 28.1 Å². The Morgan fingerprint density at radius 2 is 1.84 bits per heavy atom. The molecule has 10 heteroatoms. The van der Waals surface area contributed by atoms with Gasteiger partial charge in [-0.2, -0.15) is 10.1 Å². The van der Waals surface area contributed by atoms with Crippen LogP contribution in [0.2, 0.25) is 0 Å². The number of hydrogen-bond donors (Lipinski definition) is 0. The highest BCUT2D eigenvalue weighted by Crippen LogP contribution is 2.21. The Balaban J connectivity index is 1.44. The summed E-state index contributed by atoms with van der Waals surface area (Å²) < 4.78 is 18.8. The normalized spacial score (nSPS) is 11.1. The van der Waals surface area contributed by atoms with E-state index in [-0.39, 0.29) is 18.0 Å². The molecule has 3 aromatic heterocycles. The third-order valence-corrected chi connectivity index (χ3v) is 4.97. The lowest BCUT2D eigenvalue weighted by Gasteiger charge is -2.05. The summed E-state index contributed by atoms with van der Waals surface area (Å²) in [5.74, 6) is 2.11. The van der Waals surface area contributed by atoms with Crippen molar-refractivity contribution in [2.24, 2.45) is 0 Å². The Bertz CT molecular complexity index is 1450. The molecule has 0 spiro atoms. The van der Waals surface area contributed by atoms with Crippen molar-refractivity contribution in [3.8, 4) is 28.6 Å². The third kappa shape index (κ3) is 3.47. The molecule has 0 radical (unpaired) electrons. The Labute approximate surface area is 181 Å². The summed E-state index contributed by atoms with van der Waals surface area (Å²) in [5, 5.41) is 8.72. The molecule has 32 heavy (non-hydrogen) atoms. The lowest BCUT2D eigenvalue weighted by atomic mass is 10.2. The van der Waals surface area contributed by atoms with E-state index in [4.69, 9.17) is 14.0 Å². The van der Waals surface area contributed by atoms with Crippen LogP contribution in [0, 0.1) is 0 Å². The number of nitrogens with zero attached hydrogens (tertiary/aromatic N) is 6. The fourth-order valence-electron chi connectivity index (χ4n) is 3.32. The summed E-state index contributed by atoms with van der Waals surface area (Å²) in [7, 11) is 3.19. The van der Waals surface area contributed by atoms with Gasteiger partial charge in [-0.25, -0.2) is 9.67 Å². The molecule has 2 aromatic carbocycles. The standard InChI is InChI=1S/C22H18N6O4/c1-30-16-8-6-15(7-9-16)28-21-18(11-24-28)22(29)27(13-23-21)12-19-25-20(26-32-19)14-4-3-5-17(10-14)31-2/h3-11,13H,12H2,1-2H3. The van der Waals surface area contributed by atoms with E-state index in [1.807, 2.05) is 48.5 Å². The molecule has 0 aliphatic heterocycles. The largest absolute Gasteiger partial charge is 0.497 e. The molecule has 160 valence electrons. The van der Waals surface area contributed by atoms with Gasteiger partial charge in [0.15, 0.2) is 5.65 Å². The Hall–Kier alpha value is -4.47. The molecule has 0 atom stereocenters. The molecular formula is C22H18N6O4. The predicted molar refractivity (Wildman–Crippen MR) is 115 cm³/mol. The van der Waals surface area contributed by atoms with Crippen molar-refractivity contribution in [3.05, 3.63) is 77.3 Å². The van der Waals surface area contributed by atoms with Crippen LogP contribution in [0.15, 0.2) is 70.4 Å². The fourth-order valence-corrected chi connectivity index (χ4v) is 3.32. The van der Waals surface area contributed by atoms with Crippen LogP contribution in [0.3, 0.4) is 0 Å². The van der Waals surface area contributed by atoms with Crippen molar-refractivity contribution in [1.29, 1.82) is 0 Å². The minimum absolute atomic E-state index is 0.0897. The smallest absolute Gasteiger partial charge is 0.264 e. The summed E-state index contributed by atoms with van der Waals surface area (Å²) in [5.41, 5.74) is 1.72. The van der Waals surface area contributed by atoms with Gasteiger partial charge in [-0.3, -0.25) is 9.36 Å². The van der Waals surface area contributed by atoms with Gasteiger partial charge in [-0.05, 0) is 36.4 Å². The molecule has 5 aromatic rings. The molecule has 0 saturated carbocycles. The molecule has 0 N–H and O–H groups in total. The monoisotopic (exact) mass is 430 g/mol. The summed E-state index contributed by atoms with van der Waals surface area (Å²) >= 11 is 0. The molecule has 0 amide bonds. The van der Waals surface area contributed by atoms with E-state index in [1.54, 1.807) is 18.9 Å². The van der Waals surface area contributed by atoms with Gasteiger partial charge in [0.2, 0.25) is 11.7 Å². The minimum Gasteiger partial charge on any atom is -0.497 e. The maximum absolute atomic E-state index is 13.0. The van der Waals surface area contributed by atoms with Crippen molar-refractivity contribution >= 4 is 11.0 Å². The van der Waals surface area contributed by atoms with Gasteiger partial charge in [0.05, 0.1) is 26.1 Å². The van der Waals surface area contributed by atoms with Gasteiger partial charge in [0.25, 0.3) is 5.56 Å². The SMILES string of the molecule is COc1ccc(-n2ncc3c(=O)n(Cc4nc(-c5cccc(OC)c5)no4)cnc32)cc1. The highest BCUT2D eigenvalue weighted by molar-refractivity contribution is 5.75. The van der Waals surface area contributed by atoms with Gasteiger partial charge >= 0.3 is 0 Å². The van der Waals surface area contributed by atoms with Crippen molar-refractivity contribution in [1.82, 2.24) is 29.5 Å². The molecule has 0 bridgehead atoms. The average molecular weight is 430 g/mol. The maximum atomic E-state index is 13.0. The van der Waals surface area contributed by atoms with Gasteiger partial charge in [-0.1, -0.05) is 17.3 Å². The second kappa shape index (κ2) is 7.99. The van der Waals surface area contributed by atoms with Crippen molar-refractivity contribution < 1.29 is 14.0 Å². The average Bonchev–Trinajstić information content (AvgIpc) is 3.49. The van der Waals surface area contributed by atoms with E-state index in [0.29, 0.717) is 22.6 Å². The summed E-state index contributed by atoms with van der Waals surface area (Å²) in [6.45, 7) is 0.0897. The molecule has 0 aliphatic carbocycles. The van der Waals surface area contributed by atoms with Crippen molar-refractivity contribution in [2.75, 3.05) is 14.2 Å². The first kappa shape index (κ1) is 19.5. The van der Waals surface area contributed by atoms with Crippen molar-refractivity contribution in [3.63, 3.8) is 0 Å². The number of rotatable bonds is 6. The van der Waals surface area contributed by atoms with Gasteiger partial charge in [0, 0.05) is 5.56 Å². The number of ether oxygens (including phenoxy) is 2. The van der Waals surface area contributed by atoms with Gasteiger partial charge < -0.3 is 14.0 Å². The molecule has 0 saturated heterocycles. The number of benzene rings is 2. The van der Waals surface area contributed by atoms with E-state index >= 15 is 0 Å². The quantitative estimate of drug-likeness (QED) is 0.404. The van der Waals surface area contributed by atoms with E-state index in [2.05, 4.69) is 20.2 Å². The zero-order chi connectivity index (χ0) is 22.1. The highest BCUT2D eigenvalue weighted by Gasteiger charge is 2.15. The lowest BCUT2D eigenvalue weighted by Crippen LogP contribution is -2.21. The Morgan fingerprint density at radius 1 is 1.03 bits per heavy atom.